The van der Waals surface area contributed by atoms with E-state index in [2.05, 4.69) is 24.3 Å². The first-order valence-electron chi connectivity index (χ1n) is 5.82. The molecule has 0 heterocycles. The molecule has 0 amide bonds. The van der Waals surface area contributed by atoms with Crippen molar-refractivity contribution in [1.29, 1.82) is 0 Å². The van der Waals surface area contributed by atoms with Crippen LogP contribution in [0.2, 0.25) is 0 Å². The second-order valence-electron chi connectivity index (χ2n) is 3.48. The fourth-order valence-corrected chi connectivity index (χ4v) is 0.786. The van der Waals surface area contributed by atoms with Crippen LogP contribution in [0.15, 0.2) is 18.2 Å². The normalized spacial score (nSPS) is 15.5. The Morgan fingerprint density at radius 1 is 0.542 bits per heavy atom. The molecule has 1 rings (SSSR count). The Bertz CT molecular complexity index is 249. The van der Waals surface area contributed by atoms with Crippen LogP contribution in [0.1, 0.15) is 25.7 Å². The average Bonchev–Trinajstić information content (AvgIpc) is 2.05. The minimum absolute atomic E-state index is 0. The average molecular weight is 470 g/mol. The van der Waals surface area contributed by atoms with Crippen molar-refractivity contribution in [2.75, 3.05) is 0 Å². The molecule has 0 atom stereocenters. The van der Waals surface area contributed by atoms with E-state index in [1.54, 1.807) is 0 Å². The van der Waals surface area contributed by atoms with E-state index < -0.39 is 21.8 Å². The standard InChI is InChI=1S/C8H11.3BF4.Rh/c1-2-4-6-8-7-5-3-1;3*2-1(3,4)5;/h1-2,7H,3-6H2;;;;/q4*-1;+3/b2-1-;;;;. The van der Waals surface area contributed by atoms with Crippen molar-refractivity contribution in [2.45, 2.75) is 25.7 Å². The minimum Gasteiger partial charge on any atom is -0.500 e. The molecule has 146 valence electrons. The molecule has 0 aromatic heterocycles. The number of rotatable bonds is 0. The van der Waals surface area contributed by atoms with Crippen molar-refractivity contribution >= 4 is 21.8 Å². The van der Waals surface area contributed by atoms with Crippen LogP contribution in [-0.4, -0.2) is 21.8 Å². The van der Waals surface area contributed by atoms with E-state index in [9.17, 15) is 51.8 Å². The van der Waals surface area contributed by atoms with Gasteiger partial charge in [-0.3, -0.25) is 6.08 Å². The zero-order valence-electron chi connectivity index (χ0n) is 11.7. The van der Waals surface area contributed by atoms with Crippen molar-refractivity contribution in [1.82, 2.24) is 0 Å². The zero-order valence-corrected chi connectivity index (χ0v) is 13.3. The number of hydrogen-bond acceptors (Lipinski definition) is 0. The van der Waals surface area contributed by atoms with Crippen LogP contribution in [0.3, 0.4) is 0 Å². The van der Waals surface area contributed by atoms with Crippen LogP contribution in [0.5, 0.6) is 0 Å². The predicted molar refractivity (Wildman–Crippen MR) is 66.0 cm³/mol. The Balaban J connectivity index is -0.000000113. The van der Waals surface area contributed by atoms with Crippen molar-refractivity contribution in [3.05, 3.63) is 24.3 Å². The Hall–Kier alpha value is -0.542. The summed E-state index contributed by atoms with van der Waals surface area (Å²) in [5, 5.41) is 0. The van der Waals surface area contributed by atoms with Gasteiger partial charge in [0.1, 0.15) is 0 Å². The summed E-state index contributed by atoms with van der Waals surface area (Å²) in [4.78, 5) is 0. The quantitative estimate of drug-likeness (QED) is 0.167. The Kier molecular flexibility index (Phi) is 20.8. The largest absolute Gasteiger partial charge is 3.00 e. The first-order chi connectivity index (χ1) is 10.0. The fraction of sp³-hybridized carbons (Fsp3) is 0.500. The van der Waals surface area contributed by atoms with Gasteiger partial charge in [-0.1, -0.05) is 25.0 Å². The fourth-order valence-electron chi connectivity index (χ4n) is 0.786. The van der Waals surface area contributed by atoms with Crippen LogP contribution in [0.4, 0.5) is 51.8 Å². The molecule has 0 aliphatic heterocycles. The maximum absolute atomic E-state index is 9.75. The van der Waals surface area contributed by atoms with Gasteiger partial charge < -0.3 is 57.9 Å². The molecule has 0 N–H and O–H groups in total. The van der Waals surface area contributed by atoms with Crippen LogP contribution in [-0.2, 0) is 19.5 Å². The van der Waals surface area contributed by atoms with Crippen LogP contribution >= 0.6 is 0 Å². The van der Waals surface area contributed by atoms with Gasteiger partial charge in [0.15, 0.2) is 0 Å². The van der Waals surface area contributed by atoms with Crippen molar-refractivity contribution in [3.63, 3.8) is 0 Å². The molecular weight excluding hydrogens is 459 g/mol. The first kappa shape index (κ1) is 31.2. The SMILES string of the molecule is F[B-](F)(F)F.F[B-](F)(F)F.F[B-](F)(F)F.[C-]1=CCC/C=C\CC1.[Rh+3]. The van der Waals surface area contributed by atoms with E-state index in [0.717, 1.165) is 6.42 Å². The Labute approximate surface area is 143 Å². The van der Waals surface area contributed by atoms with E-state index in [1.807, 2.05) is 0 Å². The molecule has 1 aliphatic carbocycles. The number of halogens is 12. The molecule has 24 heavy (non-hydrogen) atoms. The third-order valence-electron chi connectivity index (χ3n) is 1.24. The molecule has 0 radical (unpaired) electrons. The molecule has 0 aromatic rings. The second kappa shape index (κ2) is 16.0. The summed E-state index contributed by atoms with van der Waals surface area (Å²) in [5.41, 5.74) is 0. The van der Waals surface area contributed by atoms with Crippen LogP contribution in [0.25, 0.3) is 0 Å². The molecule has 1 aliphatic rings. The molecule has 0 fully saturated rings. The van der Waals surface area contributed by atoms with Gasteiger partial charge in [0, 0.05) is 0 Å². The van der Waals surface area contributed by atoms with Gasteiger partial charge >= 0.3 is 41.2 Å². The zero-order chi connectivity index (χ0) is 19.2. The van der Waals surface area contributed by atoms with Gasteiger partial charge in [-0.2, -0.15) is 6.42 Å². The Morgan fingerprint density at radius 3 is 1.17 bits per heavy atom. The summed E-state index contributed by atoms with van der Waals surface area (Å²) in [6, 6.07) is 0. The first-order valence-corrected chi connectivity index (χ1v) is 5.82. The molecular formula is C8H11B3F12Rh-. The molecule has 0 bridgehead atoms. The van der Waals surface area contributed by atoms with Crippen molar-refractivity contribution in [3.8, 4) is 0 Å². The predicted octanol–water partition coefficient (Wildman–Crippen LogP) is 6.37. The summed E-state index contributed by atoms with van der Waals surface area (Å²) >= 11 is 0. The topological polar surface area (TPSA) is 0 Å². The van der Waals surface area contributed by atoms with Gasteiger partial charge in [0.05, 0.1) is 0 Å². The maximum Gasteiger partial charge on any atom is 3.00 e. The van der Waals surface area contributed by atoms with E-state index in [4.69, 9.17) is 0 Å². The van der Waals surface area contributed by atoms with Crippen molar-refractivity contribution < 1.29 is 71.3 Å². The molecule has 0 unspecified atom stereocenters. The maximum atomic E-state index is 9.75. The van der Waals surface area contributed by atoms with Gasteiger partial charge in [-0.25, -0.2) is 0 Å². The third kappa shape index (κ3) is 161. The molecule has 16 heteroatoms. The van der Waals surface area contributed by atoms with E-state index in [-0.39, 0.29) is 19.5 Å². The summed E-state index contributed by atoms with van der Waals surface area (Å²) in [6.45, 7) is 0. The summed E-state index contributed by atoms with van der Waals surface area (Å²) < 4.78 is 117. The van der Waals surface area contributed by atoms with Crippen molar-refractivity contribution in [2.24, 2.45) is 0 Å². The van der Waals surface area contributed by atoms with Crippen LogP contribution < -0.4 is 0 Å². The van der Waals surface area contributed by atoms with E-state index in [0.29, 0.717) is 0 Å². The van der Waals surface area contributed by atoms with Gasteiger partial charge in [-0.15, -0.1) is 0 Å². The summed E-state index contributed by atoms with van der Waals surface area (Å²) in [7, 11) is -18.0. The molecule has 0 nitrogen and oxygen atoms in total. The molecule has 0 saturated heterocycles. The molecule has 0 aromatic carbocycles. The number of allylic oxidation sites excluding steroid dienone is 4. The van der Waals surface area contributed by atoms with Gasteiger partial charge in [-0.05, 0) is 6.42 Å². The molecule has 0 saturated carbocycles. The minimum atomic E-state index is -6.00. The van der Waals surface area contributed by atoms with Crippen LogP contribution in [0, 0.1) is 6.08 Å². The van der Waals surface area contributed by atoms with E-state index in [1.165, 1.54) is 19.3 Å². The summed E-state index contributed by atoms with van der Waals surface area (Å²) in [6.07, 6.45) is 14.5. The monoisotopic (exact) mass is 471 g/mol. The Morgan fingerprint density at radius 2 is 0.833 bits per heavy atom. The van der Waals surface area contributed by atoms with E-state index >= 15 is 0 Å². The second-order valence-corrected chi connectivity index (χ2v) is 3.48. The van der Waals surface area contributed by atoms with Gasteiger partial charge in [0.25, 0.3) is 0 Å². The summed E-state index contributed by atoms with van der Waals surface area (Å²) in [5.74, 6) is 0. The smallest absolute Gasteiger partial charge is 0.500 e. The molecule has 0 spiro atoms. The number of hydrogen-bond donors (Lipinski definition) is 0. The van der Waals surface area contributed by atoms with Gasteiger partial charge in [0.2, 0.25) is 0 Å². The third-order valence-corrected chi connectivity index (χ3v) is 1.24.